The van der Waals surface area contributed by atoms with E-state index in [1.54, 1.807) is 0 Å². The van der Waals surface area contributed by atoms with E-state index in [1.807, 2.05) is 0 Å². The summed E-state index contributed by atoms with van der Waals surface area (Å²) in [6.07, 6.45) is 0. The summed E-state index contributed by atoms with van der Waals surface area (Å²) in [5.74, 6) is 0. The van der Waals surface area contributed by atoms with Gasteiger partial charge in [-0.15, -0.1) is 0 Å². The zero-order chi connectivity index (χ0) is 42.3. The van der Waals surface area contributed by atoms with Crippen LogP contribution in [-0.2, 0) is 0 Å². The molecule has 0 amide bonds. The molecule has 302 valence electrons. The SMILES string of the molecule is c1ccc(-n2c3ccccc3c3cc4c5ccc6c(c7c(ccc8c9ccccc9n(-c9ccccc9)c87)n6-c6cccc7oc8ccccc8c67)c5n(-c5ccccc5)c4cc32)cc1. The fourth-order valence-corrected chi connectivity index (χ4v) is 11.3. The van der Waals surface area contributed by atoms with Crippen LogP contribution in [0.15, 0.2) is 223 Å². The van der Waals surface area contributed by atoms with Crippen LogP contribution in [0, 0.1) is 0 Å². The number of hydrogen-bond donors (Lipinski definition) is 0. The molecule has 0 atom stereocenters. The average molecular weight is 829 g/mol. The van der Waals surface area contributed by atoms with Gasteiger partial charge < -0.3 is 22.7 Å². The Morgan fingerprint density at radius 1 is 0.246 bits per heavy atom. The Morgan fingerprint density at radius 3 is 1.35 bits per heavy atom. The van der Waals surface area contributed by atoms with Gasteiger partial charge in [0.1, 0.15) is 11.2 Å². The molecule has 0 radical (unpaired) electrons. The third-order valence-corrected chi connectivity index (χ3v) is 13.9. The topological polar surface area (TPSA) is 32.9 Å². The summed E-state index contributed by atoms with van der Waals surface area (Å²) in [7, 11) is 0. The van der Waals surface area contributed by atoms with Gasteiger partial charge in [0.2, 0.25) is 0 Å². The molecular formula is C60H36N4O. The number of benzene rings is 10. The molecule has 5 nitrogen and oxygen atoms in total. The van der Waals surface area contributed by atoms with Crippen LogP contribution in [0.3, 0.4) is 0 Å². The molecule has 15 aromatic rings. The van der Waals surface area contributed by atoms with Gasteiger partial charge in [-0.25, -0.2) is 0 Å². The summed E-state index contributed by atoms with van der Waals surface area (Å²) < 4.78 is 16.5. The molecule has 0 unspecified atom stereocenters. The van der Waals surface area contributed by atoms with Crippen molar-refractivity contribution >= 4 is 109 Å². The van der Waals surface area contributed by atoms with E-state index in [9.17, 15) is 0 Å². The van der Waals surface area contributed by atoms with Gasteiger partial charge in [0.25, 0.3) is 0 Å². The normalized spacial score (nSPS) is 12.3. The number of hydrogen-bond acceptors (Lipinski definition) is 1. The quantitative estimate of drug-likeness (QED) is 0.174. The highest BCUT2D eigenvalue weighted by Gasteiger charge is 2.27. The van der Waals surface area contributed by atoms with Crippen LogP contribution in [-0.4, -0.2) is 18.3 Å². The van der Waals surface area contributed by atoms with Crippen LogP contribution >= 0.6 is 0 Å². The Balaban J connectivity index is 1.21. The van der Waals surface area contributed by atoms with Crippen LogP contribution in [0.25, 0.3) is 132 Å². The molecule has 0 spiro atoms. The van der Waals surface area contributed by atoms with E-state index >= 15 is 0 Å². The molecule has 65 heavy (non-hydrogen) atoms. The summed E-state index contributed by atoms with van der Waals surface area (Å²) in [5, 5.41) is 12.0. The Hall–Kier alpha value is -8.80. The fraction of sp³-hybridized carbons (Fsp3) is 0. The lowest BCUT2D eigenvalue weighted by atomic mass is 10.0. The van der Waals surface area contributed by atoms with E-state index in [4.69, 9.17) is 4.42 Å². The van der Waals surface area contributed by atoms with Crippen molar-refractivity contribution < 1.29 is 4.42 Å². The van der Waals surface area contributed by atoms with Gasteiger partial charge in [0.15, 0.2) is 0 Å². The standard InChI is InChI=1S/C60H36N4O/c1-4-17-37(18-5-1)61-47-26-13-11-24-41(47)45-35-46-43-32-34-51-58(60(43)63(53(46)36-52(45)61)39-21-8-3-9-22-39)57-50(64(51)49-28-16-30-55-56(49)44-25-12-15-29-54(44)65-55)33-31-42-40-23-10-14-27-48(40)62(59(42)57)38-19-6-2-7-20-38/h1-36H. The second kappa shape index (κ2) is 12.9. The predicted octanol–water partition coefficient (Wildman–Crippen LogP) is 16.0. The van der Waals surface area contributed by atoms with Crippen molar-refractivity contribution in [2.75, 3.05) is 0 Å². The van der Waals surface area contributed by atoms with Crippen molar-refractivity contribution in [1.29, 1.82) is 0 Å². The third kappa shape index (κ3) is 4.60. The van der Waals surface area contributed by atoms with E-state index < -0.39 is 0 Å². The molecule has 0 saturated heterocycles. The molecular weight excluding hydrogens is 793 g/mol. The molecule has 5 heteroatoms. The molecule has 5 aromatic heterocycles. The Kier molecular flexibility index (Phi) is 6.89. The highest BCUT2D eigenvalue weighted by molar-refractivity contribution is 6.34. The van der Waals surface area contributed by atoms with Gasteiger partial charge in [0, 0.05) is 65.5 Å². The minimum absolute atomic E-state index is 0.871. The van der Waals surface area contributed by atoms with E-state index in [0.29, 0.717) is 0 Å². The van der Waals surface area contributed by atoms with Gasteiger partial charge in [-0.3, -0.25) is 0 Å². The second-order valence-corrected chi connectivity index (χ2v) is 17.2. The molecule has 15 rings (SSSR count). The number of rotatable bonds is 4. The number of aromatic nitrogens is 4. The maximum atomic E-state index is 6.57. The summed E-state index contributed by atoms with van der Waals surface area (Å²) in [5.41, 5.74) is 15.6. The van der Waals surface area contributed by atoms with Crippen molar-refractivity contribution in [3.8, 4) is 22.7 Å². The first kappa shape index (κ1) is 34.7. The van der Waals surface area contributed by atoms with Crippen LogP contribution in [0.4, 0.5) is 0 Å². The number of para-hydroxylation sites is 6. The maximum Gasteiger partial charge on any atom is 0.137 e. The first-order valence-electron chi connectivity index (χ1n) is 22.3. The summed E-state index contributed by atoms with van der Waals surface area (Å²) in [6, 6.07) is 79.5. The Labute approximate surface area is 371 Å². The largest absolute Gasteiger partial charge is 0.456 e. The van der Waals surface area contributed by atoms with Crippen molar-refractivity contribution in [1.82, 2.24) is 18.3 Å². The van der Waals surface area contributed by atoms with E-state index in [2.05, 4.69) is 237 Å². The summed E-state index contributed by atoms with van der Waals surface area (Å²) >= 11 is 0. The molecule has 0 saturated carbocycles. The molecule has 0 aliphatic heterocycles. The fourth-order valence-electron chi connectivity index (χ4n) is 11.3. The molecule has 0 N–H and O–H groups in total. The predicted molar refractivity (Wildman–Crippen MR) is 271 cm³/mol. The van der Waals surface area contributed by atoms with Gasteiger partial charge >= 0.3 is 0 Å². The number of nitrogens with zero attached hydrogens (tertiary/aromatic N) is 4. The van der Waals surface area contributed by atoms with Gasteiger partial charge in [-0.05, 0) is 91.0 Å². The monoisotopic (exact) mass is 828 g/mol. The lowest BCUT2D eigenvalue weighted by Crippen LogP contribution is -1.96. The lowest BCUT2D eigenvalue weighted by molar-refractivity contribution is 0.669. The van der Waals surface area contributed by atoms with Crippen molar-refractivity contribution in [3.63, 3.8) is 0 Å². The maximum absolute atomic E-state index is 6.57. The van der Waals surface area contributed by atoms with E-state index in [1.165, 1.54) is 70.7 Å². The van der Waals surface area contributed by atoms with E-state index in [-0.39, 0.29) is 0 Å². The first-order valence-corrected chi connectivity index (χ1v) is 22.3. The molecule has 10 aromatic carbocycles. The number of furan rings is 1. The summed E-state index contributed by atoms with van der Waals surface area (Å²) in [4.78, 5) is 0. The minimum Gasteiger partial charge on any atom is -0.456 e. The highest BCUT2D eigenvalue weighted by Crippen LogP contribution is 2.49. The Bertz CT molecular complexity index is 4450. The van der Waals surface area contributed by atoms with Crippen LogP contribution in [0.1, 0.15) is 0 Å². The summed E-state index contributed by atoms with van der Waals surface area (Å²) in [6.45, 7) is 0. The zero-order valence-electron chi connectivity index (χ0n) is 35.0. The molecule has 0 aliphatic carbocycles. The third-order valence-electron chi connectivity index (χ3n) is 13.9. The van der Waals surface area contributed by atoms with Crippen LogP contribution in [0.2, 0.25) is 0 Å². The Morgan fingerprint density at radius 2 is 0.708 bits per heavy atom. The van der Waals surface area contributed by atoms with Crippen molar-refractivity contribution in [3.05, 3.63) is 218 Å². The number of fused-ring (bicyclic) bond motifs is 17. The van der Waals surface area contributed by atoms with Crippen molar-refractivity contribution in [2.24, 2.45) is 0 Å². The highest BCUT2D eigenvalue weighted by atomic mass is 16.3. The smallest absolute Gasteiger partial charge is 0.137 e. The first-order chi connectivity index (χ1) is 32.3. The molecule has 0 aliphatic rings. The zero-order valence-corrected chi connectivity index (χ0v) is 35.0. The van der Waals surface area contributed by atoms with E-state index in [0.717, 1.165) is 61.2 Å². The second-order valence-electron chi connectivity index (χ2n) is 17.2. The van der Waals surface area contributed by atoms with Crippen LogP contribution in [0.5, 0.6) is 0 Å². The molecule has 0 bridgehead atoms. The lowest BCUT2D eigenvalue weighted by Gasteiger charge is -2.11. The average Bonchev–Trinajstić information content (AvgIpc) is 4.16. The van der Waals surface area contributed by atoms with Crippen molar-refractivity contribution in [2.45, 2.75) is 0 Å². The van der Waals surface area contributed by atoms with Crippen LogP contribution < -0.4 is 0 Å². The van der Waals surface area contributed by atoms with Gasteiger partial charge in [0.05, 0.1) is 55.2 Å². The molecule has 0 fully saturated rings. The van der Waals surface area contributed by atoms with Gasteiger partial charge in [-0.1, -0.05) is 127 Å². The van der Waals surface area contributed by atoms with Gasteiger partial charge in [-0.2, -0.15) is 0 Å². The minimum atomic E-state index is 0.871. The molecule has 5 heterocycles.